The molecule has 0 bridgehead atoms. The van der Waals surface area contributed by atoms with E-state index >= 15 is 0 Å². The minimum Gasteiger partial charge on any atom is -0.495 e. The number of hydrogen-bond acceptors (Lipinski definition) is 7. The lowest BCUT2D eigenvalue weighted by Gasteiger charge is -2.19. The third-order valence-electron chi connectivity index (χ3n) is 4.92. The molecule has 0 saturated heterocycles. The van der Waals surface area contributed by atoms with E-state index < -0.39 is 0 Å². The number of aromatic nitrogens is 3. The second kappa shape index (κ2) is 8.75. The first-order chi connectivity index (χ1) is 15.0. The number of carbonyl (C=O) groups is 1. The standard InChI is InChI=1S/C21H22ClN7O2/c1-24-20(30)12-5-3-4-6-14(12)26-19-17-13(22)10-25-18(17)28-21(29-19)27-15-9-11(23)7-8-16(15)31-2/h3-6,8,10-11H,7,9,23H2,1-2H3,(H,24,30)(H2,25,26,28,29). The molecule has 2 aromatic heterocycles. The van der Waals surface area contributed by atoms with Crippen LogP contribution in [-0.2, 0) is 4.74 Å². The van der Waals surface area contributed by atoms with Crippen LogP contribution < -0.4 is 16.4 Å². The lowest BCUT2D eigenvalue weighted by Crippen LogP contribution is -2.28. The number of rotatable bonds is 5. The Hall–Kier alpha value is -3.43. The molecule has 0 spiro atoms. The lowest BCUT2D eigenvalue weighted by molar-refractivity contribution is 0.0964. The van der Waals surface area contributed by atoms with Gasteiger partial charge in [-0.15, -0.1) is 0 Å². The molecule has 1 aliphatic rings. The van der Waals surface area contributed by atoms with Crippen LogP contribution in [0.25, 0.3) is 11.0 Å². The molecule has 1 atom stereocenters. The summed E-state index contributed by atoms with van der Waals surface area (Å²) in [7, 11) is 3.17. The number of aromatic amines is 1. The maximum absolute atomic E-state index is 12.3. The molecule has 0 fully saturated rings. The first kappa shape index (κ1) is 20.8. The number of nitrogens with two attached hydrogens (primary N) is 1. The molecular formula is C21H22ClN7O2. The molecule has 0 saturated carbocycles. The van der Waals surface area contributed by atoms with Gasteiger partial charge in [0.1, 0.15) is 17.2 Å². The molecule has 0 aliphatic heterocycles. The van der Waals surface area contributed by atoms with E-state index in [0.717, 1.165) is 6.42 Å². The summed E-state index contributed by atoms with van der Waals surface area (Å²) < 4.78 is 5.43. The molecule has 5 N–H and O–H groups in total. The topological polar surface area (TPSA) is 130 Å². The van der Waals surface area contributed by atoms with Gasteiger partial charge in [0.05, 0.1) is 34.5 Å². The van der Waals surface area contributed by atoms with Crippen molar-refractivity contribution in [2.24, 2.45) is 10.7 Å². The van der Waals surface area contributed by atoms with Crippen LogP contribution in [0, 0.1) is 0 Å². The fourth-order valence-corrected chi connectivity index (χ4v) is 3.64. The zero-order chi connectivity index (χ0) is 22.0. The Labute approximate surface area is 183 Å². The molecular weight excluding hydrogens is 418 g/mol. The number of benzene rings is 1. The fraction of sp³-hybridized carbons (Fsp3) is 0.238. The maximum atomic E-state index is 12.3. The van der Waals surface area contributed by atoms with Crippen molar-refractivity contribution in [2.45, 2.75) is 18.9 Å². The molecule has 0 radical (unpaired) electrons. The SMILES string of the molecule is CNC(=O)c1ccccc1Nc1nc(N=C2CC(N)CC=C2OC)nc2[nH]cc(Cl)c12. The summed E-state index contributed by atoms with van der Waals surface area (Å²) in [4.78, 5) is 28.9. The Morgan fingerprint density at radius 2 is 2.16 bits per heavy atom. The highest BCUT2D eigenvalue weighted by atomic mass is 35.5. The van der Waals surface area contributed by atoms with E-state index in [4.69, 9.17) is 22.1 Å². The van der Waals surface area contributed by atoms with E-state index in [0.29, 0.717) is 51.0 Å². The van der Waals surface area contributed by atoms with Gasteiger partial charge in [0.25, 0.3) is 11.9 Å². The number of carbonyl (C=O) groups excluding carboxylic acids is 1. The number of allylic oxidation sites excluding steroid dienone is 1. The first-order valence-electron chi connectivity index (χ1n) is 9.70. The highest BCUT2D eigenvalue weighted by Gasteiger charge is 2.20. The van der Waals surface area contributed by atoms with Gasteiger partial charge in [-0.3, -0.25) is 4.79 Å². The summed E-state index contributed by atoms with van der Waals surface area (Å²) in [6.45, 7) is 0. The van der Waals surface area contributed by atoms with Crippen LogP contribution >= 0.6 is 11.6 Å². The molecule has 1 amide bonds. The Kier molecular flexibility index (Phi) is 5.88. The number of methoxy groups -OCH3 is 1. The van der Waals surface area contributed by atoms with E-state index in [1.165, 1.54) is 0 Å². The van der Waals surface area contributed by atoms with E-state index in [9.17, 15) is 4.79 Å². The quantitative estimate of drug-likeness (QED) is 0.481. The third-order valence-corrected chi connectivity index (χ3v) is 5.22. The van der Waals surface area contributed by atoms with Crippen molar-refractivity contribution in [3.63, 3.8) is 0 Å². The van der Waals surface area contributed by atoms with Gasteiger partial charge in [-0.05, 0) is 24.6 Å². The predicted molar refractivity (Wildman–Crippen MR) is 121 cm³/mol. The van der Waals surface area contributed by atoms with Crippen molar-refractivity contribution in [2.75, 3.05) is 19.5 Å². The number of para-hydroxylation sites is 1. The average Bonchev–Trinajstić information content (AvgIpc) is 3.14. The molecule has 160 valence electrons. The number of hydrogen-bond donors (Lipinski definition) is 4. The van der Waals surface area contributed by atoms with E-state index in [1.807, 2.05) is 12.1 Å². The maximum Gasteiger partial charge on any atom is 0.253 e. The molecule has 9 nitrogen and oxygen atoms in total. The second-order valence-electron chi connectivity index (χ2n) is 7.01. The van der Waals surface area contributed by atoms with E-state index in [-0.39, 0.29) is 17.9 Å². The summed E-state index contributed by atoms with van der Waals surface area (Å²) in [5, 5.41) is 6.89. The Morgan fingerprint density at radius 1 is 1.35 bits per heavy atom. The van der Waals surface area contributed by atoms with Crippen molar-refractivity contribution in [3.05, 3.63) is 52.9 Å². The number of H-pyrrole nitrogens is 1. The average molecular weight is 440 g/mol. The van der Waals surface area contributed by atoms with Gasteiger partial charge in [0.2, 0.25) is 0 Å². The molecule has 3 aromatic rings. The minimum atomic E-state index is -0.222. The monoisotopic (exact) mass is 439 g/mol. The summed E-state index contributed by atoms with van der Waals surface area (Å²) in [6, 6.07) is 7.08. The van der Waals surface area contributed by atoms with Gasteiger partial charge in [-0.25, -0.2) is 4.99 Å². The summed E-state index contributed by atoms with van der Waals surface area (Å²) in [6.07, 6.45) is 4.81. The normalized spacial score (nSPS) is 17.5. The number of amides is 1. The van der Waals surface area contributed by atoms with Crippen LogP contribution in [0.15, 0.2) is 47.3 Å². The highest BCUT2D eigenvalue weighted by Crippen LogP contribution is 2.33. The molecule has 10 heteroatoms. The number of ether oxygens (including phenoxy) is 1. The highest BCUT2D eigenvalue weighted by molar-refractivity contribution is 6.36. The Bertz CT molecular complexity index is 1200. The van der Waals surface area contributed by atoms with Crippen LogP contribution in [0.3, 0.4) is 0 Å². The number of anilines is 2. The first-order valence-corrected chi connectivity index (χ1v) is 10.1. The Balaban J connectivity index is 1.81. The molecule has 1 unspecified atom stereocenters. The summed E-state index contributed by atoms with van der Waals surface area (Å²) in [5.41, 5.74) is 8.33. The fourth-order valence-electron chi connectivity index (χ4n) is 3.41. The Morgan fingerprint density at radius 3 is 2.94 bits per heavy atom. The number of nitrogens with one attached hydrogen (secondary N) is 3. The van der Waals surface area contributed by atoms with Crippen LogP contribution in [-0.4, -0.2) is 46.8 Å². The lowest BCUT2D eigenvalue weighted by atomic mass is 9.99. The van der Waals surface area contributed by atoms with Gasteiger partial charge in [0, 0.05) is 25.7 Å². The number of aliphatic imine (C=N–C) groups is 1. The van der Waals surface area contributed by atoms with Gasteiger partial charge >= 0.3 is 0 Å². The zero-order valence-corrected chi connectivity index (χ0v) is 17.8. The zero-order valence-electron chi connectivity index (χ0n) is 17.1. The largest absolute Gasteiger partial charge is 0.495 e. The van der Waals surface area contributed by atoms with Crippen LogP contribution in [0.4, 0.5) is 17.5 Å². The van der Waals surface area contributed by atoms with Crippen LogP contribution in [0.1, 0.15) is 23.2 Å². The van der Waals surface area contributed by atoms with Gasteiger partial charge in [0.15, 0.2) is 0 Å². The smallest absolute Gasteiger partial charge is 0.253 e. The van der Waals surface area contributed by atoms with Crippen molar-refractivity contribution >= 4 is 51.7 Å². The van der Waals surface area contributed by atoms with E-state index in [2.05, 4.69) is 30.6 Å². The number of nitrogens with zero attached hydrogens (tertiary/aromatic N) is 3. The van der Waals surface area contributed by atoms with Gasteiger partial charge in [-0.1, -0.05) is 23.7 Å². The second-order valence-corrected chi connectivity index (χ2v) is 7.42. The molecule has 31 heavy (non-hydrogen) atoms. The number of fused-ring (bicyclic) bond motifs is 1. The molecule has 1 aromatic carbocycles. The van der Waals surface area contributed by atoms with Gasteiger partial charge in [-0.2, -0.15) is 9.97 Å². The third kappa shape index (κ3) is 4.23. The minimum absolute atomic E-state index is 0.0432. The van der Waals surface area contributed by atoms with Crippen molar-refractivity contribution in [1.29, 1.82) is 0 Å². The van der Waals surface area contributed by atoms with Crippen LogP contribution in [0.5, 0.6) is 0 Å². The molecule has 2 heterocycles. The van der Waals surface area contributed by atoms with Crippen molar-refractivity contribution < 1.29 is 9.53 Å². The van der Waals surface area contributed by atoms with E-state index in [1.54, 1.807) is 38.6 Å². The van der Waals surface area contributed by atoms with Gasteiger partial charge < -0.3 is 26.1 Å². The van der Waals surface area contributed by atoms with Crippen LogP contribution in [0.2, 0.25) is 5.02 Å². The van der Waals surface area contributed by atoms with Crippen molar-refractivity contribution in [1.82, 2.24) is 20.3 Å². The summed E-state index contributed by atoms with van der Waals surface area (Å²) >= 11 is 6.37. The van der Waals surface area contributed by atoms with Crippen molar-refractivity contribution in [3.8, 4) is 0 Å². The number of halogens is 1. The molecule has 1 aliphatic carbocycles. The predicted octanol–water partition coefficient (Wildman–Crippen LogP) is 3.44. The summed E-state index contributed by atoms with van der Waals surface area (Å²) in [5.74, 6) is 1.09. The molecule has 4 rings (SSSR count).